The van der Waals surface area contributed by atoms with Crippen molar-refractivity contribution < 1.29 is 14.3 Å². The number of unbranched alkanes of at least 4 members (excludes halogenated alkanes) is 5. The van der Waals surface area contributed by atoms with E-state index in [9.17, 15) is 9.59 Å². The van der Waals surface area contributed by atoms with Crippen molar-refractivity contribution in [3.8, 4) is 0 Å². The Morgan fingerprint density at radius 3 is 1.63 bits per heavy atom. The molecule has 0 unspecified atom stereocenters. The molecule has 0 spiro atoms. The number of hydrogen-bond donors (Lipinski definition) is 0. The summed E-state index contributed by atoms with van der Waals surface area (Å²) in [6, 6.07) is 19.6. The smallest absolute Gasteiger partial charge is 0.305 e. The molecule has 0 N–H and O–H groups in total. The third-order valence-corrected chi connectivity index (χ3v) is 4.53. The van der Waals surface area contributed by atoms with Gasteiger partial charge in [-0.05, 0) is 37.1 Å². The van der Waals surface area contributed by atoms with Gasteiger partial charge >= 0.3 is 5.97 Å². The van der Waals surface area contributed by atoms with Crippen LogP contribution in [0.15, 0.2) is 60.7 Å². The highest BCUT2D eigenvalue weighted by molar-refractivity contribution is 6.00. The second kappa shape index (κ2) is 11.9. The van der Waals surface area contributed by atoms with Gasteiger partial charge in [0.15, 0.2) is 0 Å². The molecule has 0 saturated heterocycles. The molecule has 2 rings (SSSR count). The molecular formula is C23H29NO3. The average molecular weight is 367 g/mol. The predicted octanol–water partition coefficient (Wildman–Crippen LogP) is 5.65. The first-order valence-corrected chi connectivity index (χ1v) is 9.72. The molecule has 27 heavy (non-hydrogen) atoms. The lowest BCUT2D eigenvalue weighted by molar-refractivity contribution is -0.140. The van der Waals surface area contributed by atoms with Gasteiger partial charge in [-0.1, -0.05) is 62.1 Å². The summed E-state index contributed by atoms with van der Waals surface area (Å²) in [7, 11) is 1.42. The number of methoxy groups -OCH3 is 1. The number of esters is 1. The molecule has 2 aromatic rings. The maximum absolute atomic E-state index is 12.9. The molecule has 2 aromatic carbocycles. The van der Waals surface area contributed by atoms with Crippen LogP contribution in [0.5, 0.6) is 0 Å². The predicted molar refractivity (Wildman–Crippen MR) is 109 cm³/mol. The molecule has 0 aromatic heterocycles. The fourth-order valence-electron chi connectivity index (χ4n) is 3.06. The third-order valence-electron chi connectivity index (χ3n) is 4.53. The molecule has 0 aliphatic rings. The van der Waals surface area contributed by atoms with Crippen molar-refractivity contribution in [3.05, 3.63) is 60.7 Å². The normalized spacial score (nSPS) is 10.4. The standard InChI is InChI=1S/C23H29NO3/c1-27-23(26)19-13-5-3-2-4-12-18-22(25)24(20-14-8-6-9-15-20)21-16-10-7-11-17-21/h6-11,14-17H,2-5,12-13,18-19H2,1H3. The molecule has 0 aliphatic heterocycles. The maximum Gasteiger partial charge on any atom is 0.305 e. The van der Waals surface area contributed by atoms with Gasteiger partial charge in [-0.15, -0.1) is 0 Å². The number of hydrogen-bond acceptors (Lipinski definition) is 3. The van der Waals surface area contributed by atoms with Gasteiger partial charge in [0.05, 0.1) is 7.11 Å². The fourth-order valence-corrected chi connectivity index (χ4v) is 3.06. The van der Waals surface area contributed by atoms with Crippen LogP contribution < -0.4 is 4.90 Å². The van der Waals surface area contributed by atoms with Crippen molar-refractivity contribution in [2.24, 2.45) is 0 Å². The average Bonchev–Trinajstić information content (AvgIpc) is 2.71. The lowest BCUT2D eigenvalue weighted by Crippen LogP contribution is -2.25. The quantitative estimate of drug-likeness (QED) is 0.381. The highest BCUT2D eigenvalue weighted by atomic mass is 16.5. The number of anilines is 2. The molecule has 0 bridgehead atoms. The molecule has 4 heteroatoms. The van der Waals surface area contributed by atoms with Crippen LogP contribution in [-0.4, -0.2) is 19.0 Å². The molecule has 0 fully saturated rings. The number of para-hydroxylation sites is 2. The third kappa shape index (κ3) is 7.26. The van der Waals surface area contributed by atoms with E-state index in [1.807, 2.05) is 60.7 Å². The van der Waals surface area contributed by atoms with Crippen molar-refractivity contribution in [3.63, 3.8) is 0 Å². The summed E-state index contributed by atoms with van der Waals surface area (Å²) < 4.78 is 4.64. The van der Waals surface area contributed by atoms with Crippen LogP contribution in [0.1, 0.15) is 51.4 Å². The van der Waals surface area contributed by atoms with Gasteiger partial charge < -0.3 is 4.74 Å². The molecule has 144 valence electrons. The SMILES string of the molecule is COC(=O)CCCCCCCCC(=O)N(c1ccccc1)c1ccccc1. The van der Waals surface area contributed by atoms with E-state index >= 15 is 0 Å². The number of ether oxygens (including phenoxy) is 1. The van der Waals surface area contributed by atoms with Crippen LogP contribution in [0.4, 0.5) is 11.4 Å². The largest absolute Gasteiger partial charge is 0.469 e. The van der Waals surface area contributed by atoms with E-state index in [1.165, 1.54) is 7.11 Å². The number of rotatable bonds is 11. The minimum atomic E-state index is -0.137. The van der Waals surface area contributed by atoms with E-state index in [-0.39, 0.29) is 11.9 Å². The number of carbonyl (C=O) groups is 2. The summed E-state index contributed by atoms with van der Waals surface area (Å²) in [5, 5.41) is 0. The molecular weight excluding hydrogens is 338 g/mol. The second-order valence-corrected chi connectivity index (χ2v) is 6.60. The molecule has 0 aliphatic carbocycles. The Hall–Kier alpha value is -2.62. The number of benzene rings is 2. The van der Waals surface area contributed by atoms with Crippen LogP contribution in [-0.2, 0) is 14.3 Å². The summed E-state index contributed by atoms with van der Waals surface area (Å²) >= 11 is 0. The molecule has 4 nitrogen and oxygen atoms in total. The van der Waals surface area contributed by atoms with Crippen molar-refractivity contribution in [2.75, 3.05) is 12.0 Å². The first-order valence-electron chi connectivity index (χ1n) is 9.72. The first-order chi connectivity index (χ1) is 13.2. The Labute approximate surface area is 162 Å². The van der Waals surface area contributed by atoms with Crippen LogP contribution in [0.2, 0.25) is 0 Å². The van der Waals surface area contributed by atoms with E-state index in [2.05, 4.69) is 4.74 Å². The highest BCUT2D eigenvalue weighted by Crippen LogP contribution is 2.26. The van der Waals surface area contributed by atoms with Gasteiger partial charge in [0.1, 0.15) is 0 Å². The Kier molecular flexibility index (Phi) is 9.11. The monoisotopic (exact) mass is 367 g/mol. The van der Waals surface area contributed by atoms with E-state index in [0.29, 0.717) is 12.8 Å². The molecule has 0 atom stereocenters. The summed E-state index contributed by atoms with van der Waals surface area (Å²) in [5.74, 6) is -0.0133. The van der Waals surface area contributed by atoms with Crippen molar-refractivity contribution in [1.82, 2.24) is 0 Å². The lowest BCUT2D eigenvalue weighted by atomic mass is 10.1. The van der Waals surface area contributed by atoms with Crippen molar-refractivity contribution in [2.45, 2.75) is 51.4 Å². The molecule has 0 saturated carbocycles. The van der Waals surface area contributed by atoms with E-state index in [0.717, 1.165) is 49.9 Å². The topological polar surface area (TPSA) is 46.6 Å². The number of amides is 1. The Morgan fingerprint density at radius 2 is 1.15 bits per heavy atom. The van der Waals surface area contributed by atoms with Gasteiger partial charge in [0.25, 0.3) is 0 Å². The maximum atomic E-state index is 12.9. The molecule has 0 heterocycles. The van der Waals surface area contributed by atoms with Crippen LogP contribution >= 0.6 is 0 Å². The zero-order valence-electron chi connectivity index (χ0n) is 16.1. The van der Waals surface area contributed by atoms with Crippen LogP contribution in [0.25, 0.3) is 0 Å². The number of nitrogens with zero attached hydrogens (tertiary/aromatic N) is 1. The zero-order valence-corrected chi connectivity index (χ0v) is 16.1. The van der Waals surface area contributed by atoms with Crippen LogP contribution in [0.3, 0.4) is 0 Å². The van der Waals surface area contributed by atoms with Gasteiger partial charge in [0, 0.05) is 24.2 Å². The summed E-state index contributed by atoms with van der Waals surface area (Å²) in [4.78, 5) is 25.7. The van der Waals surface area contributed by atoms with E-state index in [4.69, 9.17) is 0 Å². The van der Waals surface area contributed by atoms with Crippen molar-refractivity contribution in [1.29, 1.82) is 0 Å². The summed E-state index contributed by atoms with van der Waals surface area (Å²) in [6.07, 6.45) is 7.03. The van der Waals surface area contributed by atoms with Gasteiger partial charge in [0.2, 0.25) is 5.91 Å². The molecule has 1 amide bonds. The van der Waals surface area contributed by atoms with Gasteiger partial charge in [-0.2, -0.15) is 0 Å². The van der Waals surface area contributed by atoms with Crippen LogP contribution in [0, 0.1) is 0 Å². The van der Waals surface area contributed by atoms with E-state index < -0.39 is 0 Å². The zero-order chi connectivity index (χ0) is 19.3. The van der Waals surface area contributed by atoms with Gasteiger partial charge in [-0.3, -0.25) is 14.5 Å². The number of carbonyl (C=O) groups excluding carboxylic acids is 2. The Bertz CT molecular complexity index is 646. The minimum Gasteiger partial charge on any atom is -0.469 e. The highest BCUT2D eigenvalue weighted by Gasteiger charge is 2.16. The summed E-state index contributed by atoms with van der Waals surface area (Å²) in [5.41, 5.74) is 1.80. The molecule has 0 radical (unpaired) electrons. The Morgan fingerprint density at radius 1 is 0.704 bits per heavy atom. The van der Waals surface area contributed by atoms with Crippen molar-refractivity contribution >= 4 is 23.3 Å². The Balaban J connectivity index is 1.77. The first kappa shape index (κ1) is 20.7. The fraction of sp³-hybridized carbons (Fsp3) is 0.391. The van der Waals surface area contributed by atoms with E-state index in [1.54, 1.807) is 4.90 Å². The lowest BCUT2D eigenvalue weighted by Gasteiger charge is -2.23. The summed E-state index contributed by atoms with van der Waals surface area (Å²) in [6.45, 7) is 0. The van der Waals surface area contributed by atoms with Gasteiger partial charge in [-0.25, -0.2) is 0 Å². The second-order valence-electron chi connectivity index (χ2n) is 6.60. The minimum absolute atomic E-state index is 0.123.